The highest BCUT2D eigenvalue weighted by Crippen LogP contribution is 2.38. The van der Waals surface area contributed by atoms with Crippen LogP contribution in [-0.4, -0.2) is 68.2 Å². The van der Waals surface area contributed by atoms with Crippen molar-refractivity contribution < 1.29 is 14.3 Å². The largest absolute Gasteiger partial charge is 0.497 e. The Kier molecular flexibility index (Phi) is 7.39. The Morgan fingerprint density at radius 1 is 1.13 bits per heavy atom. The molecule has 2 aliphatic carbocycles. The molecule has 3 fully saturated rings. The van der Waals surface area contributed by atoms with Gasteiger partial charge < -0.3 is 19.7 Å². The minimum atomic E-state index is -0.134. The minimum Gasteiger partial charge on any atom is -0.497 e. The fourth-order valence-electron chi connectivity index (χ4n) is 5.71. The lowest BCUT2D eigenvalue weighted by Gasteiger charge is -2.46. The first kappa shape index (κ1) is 22.4. The first-order valence-corrected chi connectivity index (χ1v) is 12.1. The van der Waals surface area contributed by atoms with Crippen LogP contribution in [0.5, 0.6) is 11.5 Å². The van der Waals surface area contributed by atoms with E-state index in [2.05, 4.69) is 21.2 Å². The lowest BCUT2D eigenvalue weighted by atomic mass is 9.78. The molecule has 2 saturated carbocycles. The Morgan fingerprint density at radius 2 is 1.90 bits per heavy atom. The predicted octanol–water partition coefficient (Wildman–Crippen LogP) is 3.44. The van der Waals surface area contributed by atoms with Crippen molar-refractivity contribution in [2.24, 2.45) is 5.92 Å². The highest BCUT2D eigenvalue weighted by Gasteiger charge is 2.43. The van der Waals surface area contributed by atoms with Crippen molar-refractivity contribution >= 4 is 5.91 Å². The summed E-state index contributed by atoms with van der Waals surface area (Å²) in [5, 5.41) is 3.32. The summed E-state index contributed by atoms with van der Waals surface area (Å²) in [6, 6.07) is 6.78. The van der Waals surface area contributed by atoms with E-state index in [1.807, 2.05) is 19.2 Å². The number of fused-ring (bicyclic) bond motifs is 1. The molecule has 0 radical (unpaired) electrons. The summed E-state index contributed by atoms with van der Waals surface area (Å²) in [6.07, 6.45) is 9.83. The summed E-state index contributed by atoms with van der Waals surface area (Å²) in [5.74, 6) is 2.65. The molecule has 4 rings (SSSR count). The summed E-state index contributed by atoms with van der Waals surface area (Å²) < 4.78 is 11.0. The minimum absolute atomic E-state index is 0.134. The van der Waals surface area contributed by atoms with Crippen molar-refractivity contribution in [2.45, 2.75) is 76.0 Å². The van der Waals surface area contributed by atoms with Gasteiger partial charge in [-0.3, -0.25) is 9.69 Å². The number of piperidine rings is 1. The van der Waals surface area contributed by atoms with Crippen LogP contribution in [0, 0.1) is 5.92 Å². The number of rotatable bonds is 9. The summed E-state index contributed by atoms with van der Waals surface area (Å²) in [4.78, 5) is 18.6. The van der Waals surface area contributed by atoms with Gasteiger partial charge >= 0.3 is 0 Å². The van der Waals surface area contributed by atoms with E-state index in [1.54, 1.807) is 14.2 Å². The van der Waals surface area contributed by atoms with Gasteiger partial charge in [-0.05, 0) is 57.6 Å². The normalized spacial score (nSPS) is 24.6. The lowest BCUT2D eigenvalue weighted by Crippen LogP contribution is -2.58. The van der Waals surface area contributed by atoms with Crippen LogP contribution in [0.4, 0.5) is 0 Å². The van der Waals surface area contributed by atoms with Gasteiger partial charge in [0.2, 0.25) is 5.91 Å². The van der Waals surface area contributed by atoms with Crippen LogP contribution >= 0.6 is 0 Å². The van der Waals surface area contributed by atoms with Gasteiger partial charge in [-0.25, -0.2) is 0 Å². The summed E-state index contributed by atoms with van der Waals surface area (Å²) >= 11 is 0. The highest BCUT2D eigenvalue weighted by atomic mass is 16.5. The molecule has 1 saturated heterocycles. The van der Waals surface area contributed by atoms with Gasteiger partial charge in [0.15, 0.2) is 0 Å². The number of carbonyl (C=O) groups excluding carboxylic acids is 1. The number of nitrogens with zero attached hydrogens (tertiary/aromatic N) is 2. The Labute approximate surface area is 187 Å². The Hall–Kier alpha value is -1.79. The number of hydrogen-bond donors (Lipinski definition) is 1. The smallest absolute Gasteiger partial charge is 0.241 e. The van der Waals surface area contributed by atoms with E-state index in [1.165, 1.54) is 32.1 Å². The number of carbonyl (C=O) groups is 1. The molecular weight excluding hydrogens is 390 g/mol. The van der Waals surface area contributed by atoms with E-state index in [0.29, 0.717) is 30.5 Å². The third-order valence-electron chi connectivity index (χ3n) is 7.47. The zero-order valence-corrected chi connectivity index (χ0v) is 19.4. The first-order chi connectivity index (χ1) is 15.2. The first-order valence-electron chi connectivity index (χ1n) is 12.1. The number of benzene rings is 1. The number of likely N-dealkylation sites (tertiary alicyclic amines) is 1. The number of hydrogen-bond acceptors (Lipinski definition) is 5. The molecule has 1 aromatic rings. The second-order valence-electron chi connectivity index (χ2n) is 9.44. The van der Waals surface area contributed by atoms with Gasteiger partial charge in [0.1, 0.15) is 17.5 Å². The average molecular weight is 430 g/mol. The van der Waals surface area contributed by atoms with E-state index in [0.717, 1.165) is 49.4 Å². The SMILES string of the molecule is CNC[C@H](C(=O)N1CCCC2CCCC[C@@H]21)N(Cc1ccc(OC)cc1OC)C1CC1. The van der Waals surface area contributed by atoms with Crippen LogP contribution in [0.25, 0.3) is 0 Å². The molecule has 6 heteroatoms. The van der Waals surface area contributed by atoms with Crippen molar-refractivity contribution in [3.63, 3.8) is 0 Å². The maximum Gasteiger partial charge on any atom is 0.241 e. The zero-order valence-electron chi connectivity index (χ0n) is 19.4. The van der Waals surface area contributed by atoms with Gasteiger partial charge in [0.25, 0.3) is 0 Å². The quantitative estimate of drug-likeness (QED) is 0.652. The molecule has 1 amide bonds. The van der Waals surface area contributed by atoms with Crippen molar-refractivity contribution in [3.8, 4) is 11.5 Å². The fourth-order valence-corrected chi connectivity index (χ4v) is 5.71. The number of ether oxygens (including phenoxy) is 2. The van der Waals surface area contributed by atoms with Gasteiger partial charge in [0.05, 0.1) is 14.2 Å². The Morgan fingerprint density at radius 3 is 2.61 bits per heavy atom. The lowest BCUT2D eigenvalue weighted by molar-refractivity contribution is -0.144. The summed E-state index contributed by atoms with van der Waals surface area (Å²) in [6.45, 7) is 2.32. The monoisotopic (exact) mass is 429 g/mol. The molecule has 1 aliphatic heterocycles. The van der Waals surface area contributed by atoms with Crippen LogP contribution in [0.1, 0.15) is 56.9 Å². The van der Waals surface area contributed by atoms with Crippen LogP contribution < -0.4 is 14.8 Å². The number of amides is 1. The Bertz CT molecular complexity index is 750. The number of nitrogens with one attached hydrogen (secondary N) is 1. The van der Waals surface area contributed by atoms with Crippen LogP contribution in [-0.2, 0) is 11.3 Å². The molecule has 6 nitrogen and oxygen atoms in total. The maximum atomic E-state index is 14.0. The second kappa shape index (κ2) is 10.2. The molecule has 1 unspecified atom stereocenters. The van der Waals surface area contributed by atoms with E-state index >= 15 is 0 Å². The van der Waals surface area contributed by atoms with Crippen molar-refractivity contribution in [2.75, 3.05) is 34.4 Å². The van der Waals surface area contributed by atoms with Gasteiger partial charge in [-0.1, -0.05) is 18.9 Å². The topological polar surface area (TPSA) is 54.0 Å². The molecule has 3 aliphatic rings. The maximum absolute atomic E-state index is 14.0. The van der Waals surface area contributed by atoms with Crippen LogP contribution in [0.15, 0.2) is 18.2 Å². The molecule has 0 spiro atoms. The van der Waals surface area contributed by atoms with E-state index < -0.39 is 0 Å². The molecule has 3 atom stereocenters. The average Bonchev–Trinajstić information content (AvgIpc) is 3.66. The van der Waals surface area contributed by atoms with E-state index in [4.69, 9.17) is 9.47 Å². The molecule has 0 aromatic heterocycles. The number of likely N-dealkylation sites (N-methyl/N-ethyl adjacent to an activating group) is 1. The molecule has 1 heterocycles. The third-order valence-corrected chi connectivity index (χ3v) is 7.47. The highest BCUT2D eigenvalue weighted by molar-refractivity contribution is 5.83. The number of methoxy groups -OCH3 is 2. The van der Waals surface area contributed by atoms with Gasteiger partial charge in [-0.2, -0.15) is 0 Å². The molecular formula is C25H39N3O3. The third kappa shape index (κ3) is 5.01. The van der Waals surface area contributed by atoms with Crippen molar-refractivity contribution in [1.82, 2.24) is 15.1 Å². The van der Waals surface area contributed by atoms with Crippen LogP contribution in [0.2, 0.25) is 0 Å². The van der Waals surface area contributed by atoms with Crippen molar-refractivity contribution in [1.29, 1.82) is 0 Å². The van der Waals surface area contributed by atoms with E-state index in [-0.39, 0.29) is 6.04 Å². The molecule has 31 heavy (non-hydrogen) atoms. The predicted molar refractivity (Wildman–Crippen MR) is 123 cm³/mol. The van der Waals surface area contributed by atoms with Crippen molar-refractivity contribution in [3.05, 3.63) is 23.8 Å². The van der Waals surface area contributed by atoms with E-state index in [9.17, 15) is 4.79 Å². The second-order valence-corrected chi connectivity index (χ2v) is 9.44. The zero-order chi connectivity index (χ0) is 21.8. The van der Waals surface area contributed by atoms with Crippen LogP contribution in [0.3, 0.4) is 0 Å². The molecule has 172 valence electrons. The molecule has 1 aromatic carbocycles. The van der Waals surface area contributed by atoms with Gasteiger partial charge in [-0.15, -0.1) is 0 Å². The van der Waals surface area contributed by atoms with Gasteiger partial charge in [0, 0.05) is 43.3 Å². The summed E-state index contributed by atoms with van der Waals surface area (Å²) in [5.41, 5.74) is 1.11. The fraction of sp³-hybridized carbons (Fsp3) is 0.720. The molecule has 1 N–H and O–H groups in total. The Balaban J connectivity index is 1.56. The molecule has 0 bridgehead atoms. The summed E-state index contributed by atoms with van der Waals surface area (Å²) in [7, 11) is 5.33. The standard InChI is InChI=1S/C25H39N3O3/c1-26-16-23(25(29)27-14-6-8-18-7-4-5-9-22(18)27)28(20-11-12-20)17-19-10-13-21(30-2)15-24(19)31-3/h10,13,15,18,20,22-23,26H,4-9,11-12,14,16-17H2,1-3H3/t18?,22-,23+/m0/s1.